The first-order valence-electron chi connectivity index (χ1n) is 19.1. The third-order valence-electron chi connectivity index (χ3n) is 8.80. The Hall–Kier alpha value is -6.57. The molecule has 37 heteroatoms. The summed E-state index contributed by atoms with van der Waals surface area (Å²) in [6.07, 6.45) is -17.0. The fourth-order valence-electron chi connectivity index (χ4n) is 4.91. The van der Waals surface area contributed by atoms with Gasteiger partial charge in [-0.1, -0.05) is 0 Å². The molecule has 6 rings (SSSR count). The number of cyclic esters (lactones) is 6. The first-order chi connectivity index (χ1) is 33.4. The predicted molar refractivity (Wildman–Crippen MR) is 204 cm³/mol. The Morgan fingerprint density at radius 1 is 0.301 bits per heavy atom. The second kappa shape index (κ2) is 29.8. The summed E-state index contributed by atoms with van der Waals surface area (Å²) in [6.45, 7) is -4.11. The molecule has 0 fully saturated rings. The van der Waals surface area contributed by atoms with Gasteiger partial charge in [0.1, 0.15) is 53.9 Å². The molecule has 409 valence electrons. The molecule has 0 aromatic heterocycles. The van der Waals surface area contributed by atoms with Crippen LogP contribution in [0.25, 0.3) is 0 Å². The summed E-state index contributed by atoms with van der Waals surface area (Å²) in [5.41, 5.74) is 0. The molecule has 0 aromatic carbocycles. The Labute approximate surface area is 427 Å². The number of hydrogen-bond donors (Lipinski definition) is 21. The number of aliphatic hydroxyl groups excluding tert-OH is 21. The fraction of sp³-hybridized carbons (Fsp3) is 0.500. The maximum atomic E-state index is 10.6. The number of carbonyl (C=O) groups is 6. The Balaban J connectivity index is 0.000000850. The van der Waals surface area contributed by atoms with Crippen LogP contribution in [0.5, 0.6) is 0 Å². The van der Waals surface area contributed by atoms with Crippen LogP contribution in [-0.2, 0) is 57.2 Å². The van der Waals surface area contributed by atoms with Crippen LogP contribution in [0.3, 0.4) is 0 Å². The summed E-state index contributed by atoms with van der Waals surface area (Å²) in [6, 6.07) is 0. The van der Waals surface area contributed by atoms with Gasteiger partial charge in [-0.3, -0.25) is 0 Å². The molecule has 36 nitrogen and oxygen atoms in total. The van der Waals surface area contributed by atoms with Crippen LogP contribution in [0.1, 0.15) is 0 Å². The molecule has 21 N–H and O–H groups in total. The van der Waals surface area contributed by atoms with E-state index in [4.69, 9.17) is 107 Å². The van der Waals surface area contributed by atoms with Gasteiger partial charge in [0.2, 0.25) is 17.3 Å². The SMILES string of the molecule is O=C1O[C@H]([C@@H](O)CO)C(O)=C1O.O=C1O[C@H]([C@@H](O)CO)C(O)=C1O.O=C1O[C@H]([C@@H](O)CO)C(O)=C1O.O=C1O[C@H]([C@@H](O)CO)C(O)=C1[O-].O=C1O[C@H]([C@@H](O)CO)C(O)=C1[O-].O=C1O[C@H]([C@@H](O)CO)C(O)=C1[O-].[U+3]. The molecule has 1 radical (unpaired) electrons. The van der Waals surface area contributed by atoms with Crippen molar-refractivity contribution in [3.8, 4) is 0 Å². The van der Waals surface area contributed by atoms with Crippen molar-refractivity contribution in [2.45, 2.75) is 73.2 Å². The van der Waals surface area contributed by atoms with Crippen LogP contribution < -0.4 is 15.3 Å². The number of aliphatic hydroxyl groups is 21. The smallest absolute Gasteiger partial charge is 0.865 e. The summed E-state index contributed by atoms with van der Waals surface area (Å²) in [4.78, 5) is 63.0. The van der Waals surface area contributed by atoms with Crippen LogP contribution in [0.4, 0.5) is 0 Å². The Kier molecular flexibility index (Phi) is 27.1. The maximum Gasteiger partial charge on any atom is 3.00 e. The molecule has 0 aromatic rings. The molecule has 6 aliphatic rings. The second-order valence-electron chi connectivity index (χ2n) is 13.8. The third-order valence-corrected chi connectivity index (χ3v) is 8.80. The summed E-state index contributed by atoms with van der Waals surface area (Å²) >= 11 is 0. The van der Waals surface area contributed by atoms with Crippen molar-refractivity contribution in [2.75, 3.05) is 39.6 Å². The molecule has 73 heavy (non-hydrogen) atoms. The van der Waals surface area contributed by atoms with E-state index >= 15 is 0 Å². The Morgan fingerprint density at radius 3 is 0.534 bits per heavy atom. The predicted octanol–water partition coefficient (Wildman–Crippen LogP) is -12.0. The van der Waals surface area contributed by atoms with Crippen molar-refractivity contribution in [1.29, 1.82) is 0 Å². The minimum atomic E-state index is -1.46. The zero-order valence-corrected chi connectivity index (χ0v) is 40.3. The standard InChI is InChI=1S/6C6H8O6.U/c6*7-1-2(8)5-3(9)4(10)6(11)12-5;/h6*2,5,7-10H,1H2;/q;;;;;;+3/p-3/t6*2-,5+;/m000000./s1. The first kappa shape index (κ1) is 66.4. The largest absolute Gasteiger partial charge is 3.00 e. The van der Waals surface area contributed by atoms with Gasteiger partial charge in [0.15, 0.2) is 53.9 Å². The van der Waals surface area contributed by atoms with Crippen LogP contribution in [-0.4, -0.2) is 256 Å². The van der Waals surface area contributed by atoms with Gasteiger partial charge >= 0.3 is 66.9 Å². The quantitative estimate of drug-likeness (QED) is 0.0637. The normalized spacial score (nSPS) is 25.5. The third kappa shape index (κ3) is 16.7. The van der Waals surface area contributed by atoms with Gasteiger partial charge < -0.3 is 151 Å². The molecule has 6 aliphatic heterocycles. The topological polar surface area (TPSA) is 652 Å². The van der Waals surface area contributed by atoms with Gasteiger partial charge in [-0.15, -0.1) is 0 Å². The second-order valence-corrected chi connectivity index (χ2v) is 13.8. The summed E-state index contributed by atoms with van der Waals surface area (Å²) in [5.74, 6) is -18.1. The zero-order valence-electron chi connectivity index (χ0n) is 36.2. The molecular formula is C36H45O36U. The van der Waals surface area contributed by atoms with Gasteiger partial charge in [0.05, 0.1) is 39.6 Å². The van der Waals surface area contributed by atoms with Gasteiger partial charge in [-0.25, -0.2) is 28.8 Å². The van der Waals surface area contributed by atoms with Gasteiger partial charge in [-0.2, -0.15) is 0 Å². The number of carbonyl (C=O) groups excluding carboxylic acids is 6. The van der Waals surface area contributed by atoms with E-state index in [2.05, 4.69) is 28.4 Å². The molecule has 6 heterocycles. The van der Waals surface area contributed by atoms with Crippen LogP contribution in [0, 0.1) is 31.1 Å². The van der Waals surface area contributed by atoms with E-state index in [-0.39, 0.29) is 31.1 Å². The van der Waals surface area contributed by atoms with Crippen LogP contribution in [0.15, 0.2) is 69.1 Å². The van der Waals surface area contributed by atoms with Crippen molar-refractivity contribution >= 4 is 35.8 Å². The monoisotopic (exact) mass is 1290 g/mol. The van der Waals surface area contributed by atoms with Crippen LogP contribution in [0.2, 0.25) is 0 Å². The molecule has 0 bridgehead atoms. The van der Waals surface area contributed by atoms with Gasteiger partial charge in [-0.05, 0) is 0 Å². The van der Waals surface area contributed by atoms with Crippen molar-refractivity contribution in [3.63, 3.8) is 0 Å². The van der Waals surface area contributed by atoms with E-state index < -0.39 is 218 Å². The number of hydrogen-bond acceptors (Lipinski definition) is 36. The van der Waals surface area contributed by atoms with Gasteiger partial charge in [0, 0.05) is 17.3 Å². The molecule has 0 unspecified atom stereocenters. The molecule has 0 spiro atoms. The van der Waals surface area contributed by atoms with E-state index in [1.807, 2.05) is 0 Å². The number of esters is 6. The van der Waals surface area contributed by atoms with Gasteiger partial charge in [0.25, 0.3) is 0 Å². The number of rotatable bonds is 12. The molecule has 0 saturated carbocycles. The molecule has 0 aliphatic carbocycles. The minimum absolute atomic E-state index is 0. The Morgan fingerprint density at radius 2 is 0.438 bits per heavy atom. The molecule has 12 atom stereocenters. The zero-order chi connectivity index (χ0) is 55.8. The Bertz CT molecular complexity index is 1790. The van der Waals surface area contributed by atoms with Crippen molar-refractivity contribution in [1.82, 2.24) is 0 Å². The van der Waals surface area contributed by atoms with E-state index in [1.54, 1.807) is 0 Å². The van der Waals surface area contributed by atoms with Crippen molar-refractivity contribution in [3.05, 3.63) is 69.1 Å². The maximum absolute atomic E-state index is 10.6. The van der Waals surface area contributed by atoms with E-state index in [9.17, 15) is 44.1 Å². The summed E-state index contributed by atoms with van der Waals surface area (Å²) in [7, 11) is 0. The summed E-state index contributed by atoms with van der Waals surface area (Å²) < 4.78 is 25.7. The average molecular weight is 1290 g/mol. The van der Waals surface area contributed by atoms with E-state index in [0.29, 0.717) is 0 Å². The van der Waals surface area contributed by atoms with Crippen molar-refractivity contribution < 1.29 is 211 Å². The molecule has 0 amide bonds. The first-order valence-corrected chi connectivity index (χ1v) is 19.1. The molecular weight excluding hydrogens is 1250 g/mol. The molecule has 0 saturated heterocycles. The van der Waals surface area contributed by atoms with Crippen LogP contribution >= 0.6 is 0 Å². The van der Waals surface area contributed by atoms with E-state index in [1.165, 1.54) is 0 Å². The van der Waals surface area contributed by atoms with E-state index in [0.717, 1.165) is 0 Å². The van der Waals surface area contributed by atoms with Crippen molar-refractivity contribution in [2.24, 2.45) is 0 Å². The number of ether oxygens (including phenoxy) is 6. The minimum Gasteiger partial charge on any atom is -0.865 e. The fourth-order valence-corrected chi connectivity index (χ4v) is 4.91. The summed E-state index contributed by atoms with van der Waals surface area (Å²) in [5, 5.41) is 215. The average Bonchev–Trinajstić information content (AvgIpc) is 4.13.